The first-order chi connectivity index (χ1) is 10.0. The Morgan fingerprint density at radius 2 is 1.90 bits per heavy atom. The van der Waals surface area contributed by atoms with Gasteiger partial charge in [0.05, 0.1) is 13.0 Å². The fourth-order valence-electron chi connectivity index (χ4n) is 1.84. The van der Waals surface area contributed by atoms with Crippen LogP contribution >= 0.6 is 11.3 Å². The molecule has 0 radical (unpaired) electrons. The summed E-state index contributed by atoms with van der Waals surface area (Å²) in [7, 11) is 1.64. The highest BCUT2D eigenvalue weighted by atomic mass is 32.1. The molecule has 1 N–H and O–H groups in total. The van der Waals surface area contributed by atoms with Crippen LogP contribution in [0.5, 0.6) is 0 Å². The van der Waals surface area contributed by atoms with Crippen LogP contribution in [0, 0.1) is 6.92 Å². The number of carbonyl (C=O) groups is 2. The highest BCUT2D eigenvalue weighted by Crippen LogP contribution is 2.09. The van der Waals surface area contributed by atoms with Gasteiger partial charge in [0.15, 0.2) is 0 Å². The molecule has 21 heavy (non-hydrogen) atoms. The first-order valence-corrected chi connectivity index (χ1v) is 7.60. The van der Waals surface area contributed by atoms with Crippen LogP contribution in [-0.4, -0.2) is 30.3 Å². The minimum absolute atomic E-state index is 0.0524. The Labute approximate surface area is 128 Å². The highest BCUT2D eigenvalue weighted by Gasteiger charge is 2.13. The van der Waals surface area contributed by atoms with Crippen LogP contribution < -0.4 is 5.32 Å². The van der Waals surface area contributed by atoms with E-state index in [1.54, 1.807) is 18.4 Å². The molecular formula is C16H18N2O2S. The van der Waals surface area contributed by atoms with E-state index in [-0.39, 0.29) is 18.4 Å². The van der Waals surface area contributed by atoms with Crippen LogP contribution in [0.15, 0.2) is 41.1 Å². The monoisotopic (exact) mass is 302 g/mol. The lowest BCUT2D eigenvalue weighted by Crippen LogP contribution is -2.35. The molecule has 0 aliphatic rings. The van der Waals surface area contributed by atoms with E-state index in [1.807, 2.05) is 48.0 Å². The second kappa shape index (κ2) is 7.04. The van der Waals surface area contributed by atoms with Gasteiger partial charge in [-0.25, -0.2) is 0 Å². The first kappa shape index (κ1) is 15.3. The molecule has 0 saturated carbocycles. The van der Waals surface area contributed by atoms with Crippen LogP contribution in [-0.2, 0) is 16.0 Å². The summed E-state index contributed by atoms with van der Waals surface area (Å²) in [5.74, 6) is -0.257. The number of benzene rings is 1. The zero-order chi connectivity index (χ0) is 15.2. The molecule has 2 aromatic rings. The van der Waals surface area contributed by atoms with Gasteiger partial charge in [-0.3, -0.25) is 9.59 Å². The Balaban J connectivity index is 1.84. The van der Waals surface area contributed by atoms with Gasteiger partial charge in [-0.1, -0.05) is 17.7 Å². The summed E-state index contributed by atoms with van der Waals surface area (Å²) in [4.78, 5) is 25.4. The van der Waals surface area contributed by atoms with Crippen molar-refractivity contribution in [3.8, 4) is 0 Å². The summed E-state index contributed by atoms with van der Waals surface area (Å²) in [5, 5.41) is 6.66. The van der Waals surface area contributed by atoms with E-state index < -0.39 is 0 Å². The van der Waals surface area contributed by atoms with E-state index in [1.165, 1.54) is 4.90 Å². The molecule has 2 amide bonds. The van der Waals surface area contributed by atoms with E-state index >= 15 is 0 Å². The summed E-state index contributed by atoms with van der Waals surface area (Å²) in [6.07, 6.45) is 0.331. The van der Waals surface area contributed by atoms with E-state index in [9.17, 15) is 9.59 Å². The summed E-state index contributed by atoms with van der Waals surface area (Å²) in [6.45, 7) is 2.04. The van der Waals surface area contributed by atoms with Gasteiger partial charge in [-0.05, 0) is 41.4 Å². The molecule has 1 heterocycles. The van der Waals surface area contributed by atoms with E-state index in [4.69, 9.17) is 0 Å². The zero-order valence-electron chi connectivity index (χ0n) is 12.1. The van der Waals surface area contributed by atoms with E-state index in [2.05, 4.69) is 5.32 Å². The van der Waals surface area contributed by atoms with Crippen molar-refractivity contribution in [2.24, 2.45) is 0 Å². The fourth-order valence-corrected chi connectivity index (χ4v) is 2.51. The number of hydrogen-bond donors (Lipinski definition) is 1. The molecule has 110 valence electrons. The molecule has 0 unspecified atom stereocenters. The minimum Gasteiger partial charge on any atom is -0.336 e. The molecule has 0 spiro atoms. The lowest BCUT2D eigenvalue weighted by atomic mass is 10.2. The molecule has 4 nitrogen and oxygen atoms in total. The predicted molar refractivity (Wildman–Crippen MR) is 85.5 cm³/mol. The number of rotatable bonds is 5. The molecule has 0 fully saturated rings. The van der Waals surface area contributed by atoms with Crippen molar-refractivity contribution in [1.29, 1.82) is 0 Å². The van der Waals surface area contributed by atoms with E-state index in [0.717, 1.165) is 16.8 Å². The highest BCUT2D eigenvalue weighted by molar-refractivity contribution is 7.08. The fraction of sp³-hybridized carbons (Fsp3) is 0.250. The van der Waals surface area contributed by atoms with Gasteiger partial charge in [0.25, 0.3) is 0 Å². The van der Waals surface area contributed by atoms with Gasteiger partial charge < -0.3 is 10.2 Å². The van der Waals surface area contributed by atoms with Crippen molar-refractivity contribution in [3.05, 3.63) is 52.2 Å². The van der Waals surface area contributed by atoms with Crippen LogP contribution in [0.4, 0.5) is 5.69 Å². The average molecular weight is 302 g/mol. The second-order valence-corrected chi connectivity index (χ2v) is 5.75. The largest absolute Gasteiger partial charge is 0.336 e. The second-order valence-electron chi connectivity index (χ2n) is 4.97. The van der Waals surface area contributed by atoms with Crippen LogP contribution in [0.1, 0.15) is 11.1 Å². The summed E-state index contributed by atoms with van der Waals surface area (Å²) in [5.41, 5.74) is 2.86. The molecule has 5 heteroatoms. The topological polar surface area (TPSA) is 49.4 Å². The van der Waals surface area contributed by atoms with Crippen molar-refractivity contribution in [3.63, 3.8) is 0 Å². The third-order valence-electron chi connectivity index (χ3n) is 3.08. The van der Waals surface area contributed by atoms with Gasteiger partial charge in [0, 0.05) is 12.7 Å². The van der Waals surface area contributed by atoms with Crippen LogP contribution in [0.3, 0.4) is 0 Å². The summed E-state index contributed by atoms with van der Waals surface area (Å²) >= 11 is 1.56. The number of aryl methyl sites for hydroxylation is 1. The van der Waals surface area contributed by atoms with Gasteiger partial charge in [0.2, 0.25) is 11.8 Å². The maximum atomic E-state index is 12.0. The first-order valence-electron chi connectivity index (χ1n) is 6.66. The number of anilines is 1. The van der Waals surface area contributed by atoms with Crippen LogP contribution in [0.2, 0.25) is 0 Å². The van der Waals surface area contributed by atoms with Crippen molar-refractivity contribution in [1.82, 2.24) is 4.90 Å². The third-order valence-corrected chi connectivity index (χ3v) is 3.81. The van der Waals surface area contributed by atoms with Gasteiger partial charge in [-0.2, -0.15) is 11.3 Å². The van der Waals surface area contributed by atoms with Crippen LogP contribution in [0.25, 0.3) is 0 Å². The number of likely N-dealkylation sites (N-methyl/N-ethyl adjacent to an activating group) is 1. The molecule has 0 saturated heterocycles. The molecule has 0 atom stereocenters. The zero-order valence-corrected chi connectivity index (χ0v) is 12.9. The lowest BCUT2D eigenvalue weighted by molar-refractivity contribution is -0.132. The Hall–Kier alpha value is -2.14. The average Bonchev–Trinajstić information content (AvgIpc) is 2.94. The minimum atomic E-state index is -0.194. The molecule has 0 bridgehead atoms. The number of nitrogens with zero attached hydrogens (tertiary/aromatic N) is 1. The van der Waals surface area contributed by atoms with Gasteiger partial charge >= 0.3 is 0 Å². The van der Waals surface area contributed by atoms with Crippen molar-refractivity contribution >= 4 is 28.8 Å². The normalized spacial score (nSPS) is 10.2. The Bertz CT molecular complexity index is 606. The standard InChI is InChI=1S/C16H18N2O2S/c1-12-3-5-14(6-4-12)17-15(19)10-18(2)16(20)9-13-7-8-21-11-13/h3-8,11H,9-10H2,1-2H3,(H,17,19). The van der Waals surface area contributed by atoms with Crippen molar-refractivity contribution in [2.45, 2.75) is 13.3 Å². The Kier molecular flexibility index (Phi) is 5.11. The maximum Gasteiger partial charge on any atom is 0.243 e. The predicted octanol–water partition coefficient (Wildman–Crippen LogP) is 2.70. The molecule has 1 aromatic carbocycles. The number of amides is 2. The summed E-state index contributed by atoms with van der Waals surface area (Å²) < 4.78 is 0. The molecule has 2 rings (SSSR count). The number of hydrogen-bond acceptors (Lipinski definition) is 3. The number of thiophene rings is 1. The van der Waals surface area contributed by atoms with Gasteiger partial charge in [-0.15, -0.1) is 0 Å². The molecule has 0 aliphatic carbocycles. The number of nitrogens with one attached hydrogen (secondary N) is 1. The number of carbonyl (C=O) groups excluding carboxylic acids is 2. The van der Waals surface area contributed by atoms with E-state index in [0.29, 0.717) is 6.42 Å². The quantitative estimate of drug-likeness (QED) is 0.923. The smallest absolute Gasteiger partial charge is 0.243 e. The molecule has 0 aliphatic heterocycles. The Morgan fingerprint density at radius 3 is 2.52 bits per heavy atom. The SMILES string of the molecule is Cc1ccc(NC(=O)CN(C)C(=O)Cc2ccsc2)cc1. The Morgan fingerprint density at radius 1 is 1.19 bits per heavy atom. The molecule has 1 aromatic heterocycles. The van der Waals surface area contributed by atoms with Gasteiger partial charge in [0.1, 0.15) is 0 Å². The molecular weight excluding hydrogens is 284 g/mol. The van der Waals surface area contributed by atoms with Crippen molar-refractivity contribution in [2.75, 3.05) is 18.9 Å². The maximum absolute atomic E-state index is 12.0. The van der Waals surface area contributed by atoms with Crippen molar-refractivity contribution < 1.29 is 9.59 Å². The summed E-state index contributed by atoms with van der Waals surface area (Å²) in [6, 6.07) is 9.48. The lowest BCUT2D eigenvalue weighted by Gasteiger charge is -2.16. The third kappa shape index (κ3) is 4.72.